The molecule has 0 aliphatic heterocycles. The number of anilines is 1. The zero-order chi connectivity index (χ0) is 22.6. The number of rotatable bonds is 7. The van der Waals surface area contributed by atoms with E-state index in [-0.39, 0.29) is 34.8 Å². The van der Waals surface area contributed by atoms with Crippen molar-refractivity contribution in [1.29, 1.82) is 0 Å². The number of hydrogen-bond acceptors (Lipinski definition) is 5. The largest absolute Gasteiger partial charge is 0.483 e. The predicted octanol–water partition coefficient (Wildman–Crippen LogP) is 2.64. The molecular formula is C22H23N3O5S. The van der Waals surface area contributed by atoms with Gasteiger partial charge in [0.2, 0.25) is 10.0 Å². The van der Waals surface area contributed by atoms with E-state index in [1.165, 1.54) is 24.3 Å². The van der Waals surface area contributed by atoms with Crippen molar-refractivity contribution in [3.05, 3.63) is 66.2 Å². The fraction of sp³-hybridized carbons (Fsp3) is 0.182. The summed E-state index contributed by atoms with van der Waals surface area (Å²) in [4.78, 5) is 24.9. The average Bonchev–Trinajstić information content (AvgIpc) is 2.70. The number of nitrogens with two attached hydrogens (primary N) is 1. The van der Waals surface area contributed by atoms with Gasteiger partial charge in [-0.25, -0.2) is 13.6 Å². The molecule has 0 unspecified atom stereocenters. The molecule has 9 heteroatoms. The first-order chi connectivity index (χ1) is 14.6. The molecule has 2 amide bonds. The highest BCUT2D eigenvalue weighted by atomic mass is 32.2. The molecule has 3 aromatic rings. The van der Waals surface area contributed by atoms with Crippen molar-refractivity contribution >= 4 is 38.3 Å². The summed E-state index contributed by atoms with van der Waals surface area (Å²) in [6.45, 7) is 3.45. The summed E-state index contributed by atoms with van der Waals surface area (Å²) in [5.74, 6) is -0.502. The molecule has 3 aromatic carbocycles. The molecule has 3 rings (SSSR count). The van der Waals surface area contributed by atoms with Gasteiger partial charge in [-0.05, 0) is 61.0 Å². The number of primary sulfonamides is 1. The highest BCUT2D eigenvalue weighted by molar-refractivity contribution is 7.89. The molecule has 162 valence electrons. The van der Waals surface area contributed by atoms with Gasteiger partial charge in [0.15, 0.2) is 6.61 Å². The summed E-state index contributed by atoms with van der Waals surface area (Å²) in [6, 6.07) is 16.3. The maximum Gasteiger partial charge on any atom is 0.259 e. The van der Waals surface area contributed by atoms with Crippen molar-refractivity contribution in [2.24, 2.45) is 5.14 Å². The first-order valence-corrected chi connectivity index (χ1v) is 11.1. The normalized spacial score (nSPS) is 11.4. The van der Waals surface area contributed by atoms with Crippen molar-refractivity contribution in [1.82, 2.24) is 5.32 Å². The standard InChI is InChI=1S/C22H23N3O5S/c1-14(2)24-21(26)13-30-20-12-16-6-4-3-5-15(16)11-19(20)22(27)25-17-7-9-18(10-8-17)31(23,28)29/h3-12,14H,13H2,1-2H3,(H,24,26)(H,25,27)(H2,23,28,29). The lowest BCUT2D eigenvalue weighted by Gasteiger charge is -2.14. The molecule has 0 atom stereocenters. The Kier molecular flexibility index (Phi) is 6.57. The molecular weight excluding hydrogens is 418 g/mol. The minimum absolute atomic E-state index is 0.0317. The fourth-order valence-electron chi connectivity index (χ4n) is 2.95. The topological polar surface area (TPSA) is 128 Å². The molecule has 31 heavy (non-hydrogen) atoms. The second-order valence-electron chi connectivity index (χ2n) is 7.23. The van der Waals surface area contributed by atoms with E-state index in [9.17, 15) is 18.0 Å². The number of nitrogens with one attached hydrogen (secondary N) is 2. The molecule has 0 fully saturated rings. The Labute approximate surface area is 180 Å². The lowest BCUT2D eigenvalue weighted by Crippen LogP contribution is -2.34. The first kappa shape index (κ1) is 22.3. The third-order valence-corrected chi connectivity index (χ3v) is 5.27. The van der Waals surface area contributed by atoms with Crippen LogP contribution in [0.25, 0.3) is 10.8 Å². The Hall–Kier alpha value is -3.43. The lowest BCUT2D eigenvalue weighted by atomic mass is 10.1. The maximum atomic E-state index is 12.9. The summed E-state index contributed by atoms with van der Waals surface area (Å²) in [5.41, 5.74) is 0.626. The molecule has 0 bridgehead atoms. The van der Waals surface area contributed by atoms with E-state index in [2.05, 4.69) is 10.6 Å². The van der Waals surface area contributed by atoms with Gasteiger partial charge in [-0.3, -0.25) is 9.59 Å². The first-order valence-electron chi connectivity index (χ1n) is 9.52. The van der Waals surface area contributed by atoms with E-state index in [4.69, 9.17) is 9.88 Å². The molecule has 0 aliphatic carbocycles. The lowest BCUT2D eigenvalue weighted by molar-refractivity contribution is -0.123. The maximum absolute atomic E-state index is 12.9. The van der Waals surface area contributed by atoms with Gasteiger partial charge in [-0.15, -0.1) is 0 Å². The average molecular weight is 442 g/mol. The minimum Gasteiger partial charge on any atom is -0.483 e. The van der Waals surface area contributed by atoms with Crippen LogP contribution in [0.3, 0.4) is 0 Å². The van der Waals surface area contributed by atoms with Crippen LogP contribution in [-0.4, -0.2) is 32.9 Å². The van der Waals surface area contributed by atoms with E-state index in [1.807, 2.05) is 38.1 Å². The summed E-state index contributed by atoms with van der Waals surface area (Å²) < 4.78 is 28.4. The summed E-state index contributed by atoms with van der Waals surface area (Å²) >= 11 is 0. The van der Waals surface area contributed by atoms with Crippen molar-refractivity contribution in [2.45, 2.75) is 24.8 Å². The Bertz CT molecular complexity index is 1220. The van der Waals surface area contributed by atoms with Crippen molar-refractivity contribution in [2.75, 3.05) is 11.9 Å². The second-order valence-corrected chi connectivity index (χ2v) is 8.79. The number of fused-ring (bicyclic) bond motifs is 1. The van der Waals surface area contributed by atoms with Gasteiger partial charge in [0.25, 0.3) is 11.8 Å². The van der Waals surface area contributed by atoms with Crippen LogP contribution < -0.4 is 20.5 Å². The van der Waals surface area contributed by atoms with Crippen LogP contribution in [0.4, 0.5) is 5.69 Å². The van der Waals surface area contributed by atoms with E-state index >= 15 is 0 Å². The number of sulfonamides is 1. The quantitative estimate of drug-likeness (QED) is 0.519. The molecule has 0 heterocycles. The molecule has 0 spiro atoms. The monoisotopic (exact) mass is 441 g/mol. The van der Waals surface area contributed by atoms with Crippen LogP contribution in [0.2, 0.25) is 0 Å². The zero-order valence-corrected chi connectivity index (χ0v) is 17.9. The molecule has 0 aromatic heterocycles. The Morgan fingerprint density at radius 3 is 2.19 bits per heavy atom. The van der Waals surface area contributed by atoms with Crippen LogP contribution in [0.15, 0.2) is 65.6 Å². The third kappa shape index (κ3) is 5.80. The molecule has 0 radical (unpaired) electrons. The van der Waals surface area contributed by atoms with Crippen LogP contribution in [0.5, 0.6) is 5.75 Å². The van der Waals surface area contributed by atoms with Gasteiger partial charge < -0.3 is 15.4 Å². The number of ether oxygens (including phenoxy) is 1. The highest BCUT2D eigenvalue weighted by Crippen LogP contribution is 2.27. The van der Waals surface area contributed by atoms with Crippen LogP contribution in [-0.2, 0) is 14.8 Å². The number of carbonyl (C=O) groups is 2. The molecule has 0 aliphatic rings. The molecule has 0 saturated heterocycles. The molecule has 4 N–H and O–H groups in total. The van der Waals surface area contributed by atoms with Gasteiger partial charge in [0, 0.05) is 11.7 Å². The van der Waals surface area contributed by atoms with Crippen LogP contribution in [0.1, 0.15) is 24.2 Å². The zero-order valence-electron chi connectivity index (χ0n) is 17.1. The number of hydrogen-bond donors (Lipinski definition) is 3. The smallest absolute Gasteiger partial charge is 0.259 e. The van der Waals surface area contributed by atoms with Gasteiger partial charge >= 0.3 is 0 Å². The predicted molar refractivity (Wildman–Crippen MR) is 118 cm³/mol. The third-order valence-electron chi connectivity index (χ3n) is 4.34. The number of amides is 2. The summed E-state index contributed by atoms with van der Waals surface area (Å²) in [6.07, 6.45) is 0. The minimum atomic E-state index is -3.83. The summed E-state index contributed by atoms with van der Waals surface area (Å²) in [7, 11) is -3.83. The molecule has 0 saturated carbocycles. The van der Waals surface area contributed by atoms with Gasteiger partial charge in [-0.1, -0.05) is 24.3 Å². The second kappa shape index (κ2) is 9.15. The van der Waals surface area contributed by atoms with Crippen LogP contribution in [0, 0.1) is 0 Å². The highest BCUT2D eigenvalue weighted by Gasteiger charge is 2.17. The van der Waals surface area contributed by atoms with Crippen molar-refractivity contribution in [3.63, 3.8) is 0 Å². The SMILES string of the molecule is CC(C)NC(=O)COc1cc2ccccc2cc1C(=O)Nc1ccc(S(N)(=O)=O)cc1. The fourth-order valence-corrected chi connectivity index (χ4v) is 3.47. The van der Waals surface area contributed by atoms with E-state index in [1.54, 1.807) is 12.1 Å². The van der Waals surface area contributed by atoms with Crippen molar-refractivity contribution in [3.8, 4) is 5.75 Å². The van der Waals surface area contributed by atoms with Gasteiger partial charge in [0.05, 0.1) is 10.5 Å². The summed E-state index contributed by atoms with van der Waals surface area (Å²) in [5, 5.41) is 12.2. The van der Waals surface area contributed by atoms with E-state index in [0.717, 1.165) is 10.8 Å². The van der Waals surface area contributed by atoms with Crippen molar-refractivity contribution < 1.29 is 22.7 Å². The van der Waals surface area contributed by atoms with Crippen LogP contribution >= 0.6 is 0 Å². The van der Waals surface area contributed by atoms with Gasteiger partial charge in [0.1, 0.15) is 5.75 Å². The number of benzene rings is 3. The van der Waals surface area contributed by atoms with Gasteiger partial charge in [-0.2, -0.15) is 0 Å². The van der Waals surface area contributed by atoms with E-state index in [0.29, 0.717) is 5.69 Å². The Balaban J connectivity index is 1.87. The Morgan fingerprint density at radius 2 is 1.61 bits per heavy atom. The number of carbonyl (C=O) groups excluding carboxylic acids is 2. The Morgan fingerprint density at radius 1 is 1.00 bits per heavy atom. The van der Waals surface area contributed by atoms with E-state index < -0.39 is 15.9 Å². The molecule has 8 nitrogen and oxygen atoms in total.